The van der Waals surface area contributed by atoms with Crippen molar-refractivity contribution in [1.29, 1.82) is 0 Å². The van der Waals surface area contributed by atoms with E-state index in [1.807, 2.05) is 0 Å². The second-order valence-electron chi connectivity index (χ2n) is 7.42. The van der Waals surface area contributed by atoms with E-state index in [2.05, 4.69) is 6.58 Å². The molecule has 1 unspecified atom stereocenters. The van der Waals surface area contributed by atoms with Crippen LogP contribution in [0, 0.1) is 0 Å². The maximum atomic E-state index is 13.6. The van der Waals surface area contributed by atoms with Crippen LogP contribution >= 0.6 is 11.6 Å². The fraction of sp³-hybridized carbons (Fsp3) is 0.261. The number of benzene rings is 2. The van der Waals surface area contributed by atoms with Gasteiger partial charge in [-0.05, 0) is 35.9 Å². The van der Waals surface area contributed by atoms with Gasteiger partial charge in [-0.1, -0.05) is 23.7 Å². The van der Waals surface area contributed by atoms with E-state index in [1.54, 1.807) is 42.5 Å². The number of rotatable bonds is 6. The zero-order chi connectivity index (χ0) is 22.3. The number of nitrogens with zero attached hydrogens (tertiary/aromatic N) is 2. The fourth-order valence-corrected chi connectivity index (χ4v) is 4.46. The Morgan fingerprint density at radius 3 is 2.42 bits per heavy atom. The Hall–Kier alpha value is -3.32. The molecule has 0 aliphatic carbocycles. The van der Waals surface area contributed by atoms with Crippen molar-refractivity contribution in [2.75, 3.05) is 25.7 Å². The van der Waals surface area contributed by atoms with Gasteiger partial charge in [0.15, 0.2) is 16.9 Å². The van der Waals surface area contributed by atoms with Gasteiger partial charge in [0.25, 0.3) is 0 Å². The van der Waals surface area contributed by atoms with Crippen LogP contribution in [0.5, 0.6) is 11.5 Å². The first-order valence-corrected chi connectivity index (χ1v) is 10.0. The highest BCUT2D eigenvalue weighted by atomic mass is 35.5. The van der Waals surface area contributed by atoms with Crippen molar-refractivity contribution in [3.8, 4) is 11.5 Å². The molecule has 1 atom stereocenters. The van der Waals surface area contributed by atoms with Gasteiger partial charge in [0.1, 0.15) is 0 Å². The highest BCUT2D eigenvalue weighted by Crippen LogP contribution is 2.49. The number of imide groups is 1. The lowest BCUT2D eigenvalue weighted by atomic mass is 9.80. The molecule has 8 heteroatoms. The molecule has 0 saturated carbocycles. The summed E-state index contributed by atoms with van der Waals surface area (Å²) in [5.74, 6) is -0.374. The summed E-state index contributed by atoms with van der Waals surface area (Å²) >= 11 is 6.18. The smallest absolute Gasteiger partial charge is 0.250 e. The predicted molar refractivity (Wildman–Crippen MR) is 115 cm³/mol. The Bertz CT molecular complexity index is 1120. The van der Waals surface area contributed by atoms with E-state index in [0.29, 0.717) is 33.3 Å². The summed E-state index contributed by atoms with van der Waals surface area (Å²) in [6.45, 7) is 3.94. The van der Waals surface area contributed by atoms with Crippen LogP contribution in [0.2, 0.25) is 5.02 Å². The van der Waals surface area contributed by atoms with E-state index < -0.39 is 23.1 Å². The molecule has 1 fully saturated rings. The quantitative estimate of drug-likeness (QED) is 0.392. The summed E-state index contributed by atoms with van der Waals surface area (Å²) in [4.78, 5) is 42.6. The first-order chi connectivity index (χ1) is 14.9. The average molecular weight is 441 g/mol. The number of anilines is 1. The monoisotopic (exact) mass is 440 g/mol. The SMILES string of the molecule is C=CCN1C(=O)C2(CC(=O)N(Cc3ccc(OC)c(OC)c3)C2=O)c2cc(Cl)ccc21. The molecule has 1 spiro atoms. The van der Waals surface area contributed by atoms with E-state index in [1.165, 1.54) is 19.1 Å². The molecule has 2 aromatic carbocycles. The molecular formula is C23H21ClN2O5. The molecule has 1 saturated heterocycles. The second-order valence-corrected chi connectivity index (χ2v) is 7.86. The molecule has 2 aliphatic heterocycles. The third kappa shape index (κ3) is 3.08. The molecule has 2 heterocycles. The Balaban J connectivity index is 1.74. The lowest BCUT2D eigenvalue weighted by molar-refractivity contribution is -0.142. The summed E-state index contributed by atoms with van der Waals surface area (Å²) in [7, 11) is 3.03. The van der Waals surface area contributed by atoms with E-state index in [4.69, 9.17) is 21.1 Å². The molecule has 2 aromatic rings. The Labute approximate surface area is 184 Å². The first kappa shape index (κ1) is 20.9. The molecular weight excluding hydrogens is 420 g/mol. The summed E-state index contributed by atoms with van der Waals surface area (Å²) in [6, 6.07) is 10.1. The van der Waals surface area contributed by atoms with Crippen molar-refractivity contribution in [2.24, 2.45) is 0 Å². The van der Waals surface area contributed by atoms with Gasteiger partial charge in [-0.25, -0.2) is 0 Å². The van der Waals surface area contributed by atoms with Crippen LogP contribution < -0.4 is 14.4 Å². The molecule has 0 radical (unpaired) electrons. The van der Waals surface area contributed by atoms with Crippen molar-refractivity contribution < 1.29 is 23.9 Å². The van der Waals surface area contributed by atoms with Gasteiger partial charge in [-0.2, -0.15) is 0 Å². The summed E-state index contributed by atoms with van der Waals surface area (Å²) in [6.07, 6.45) is 1.34. The number of fused-ring (bicyclic) bond motifs is 2. The standard InChI is InChI=1S/C23H21ClN2O5/c1-4-9-25-17-7-6-15(24)11-16(17)23(21(25)28)12-20(27)26(22(23)29)13-14-5-8-18(30-2)19(10-14)31-3/h4-8,10-11H,1,9,12-13H2,2-3H3. The fourth-order valence-electron chi connectivity index (χ4n) is 4.29. The molecule has 0 bridgehead atoms. The molecule has 7 nitrogen and oxygen atoms in total. The van der Waals surface area contributed by atoms with Crippen LogP contribution in [-0.2, 0) is 26.3 Å². The number of methoxy groups -OCH3 is 2. The van der Waals surface area contributed by atoms with E-state index in [0.717, 1.165) is 4.90 Å². The van der Waals surface area contributed by atoms with Crippen LogP contribution in [0.25, 0.3) is 0 Å². The average Bonchev–Trinajstić information content (AvgIpc) is 3.14. The Morgan fingerprint density at radius 1 is 1.03 bits per heavy atom. The maximum Gasteiger partial charge on any atom is 0.250 e. The lowest BCUT2D eigenvalue weighted by Gasteiger charge is -2.22. The molecule has 31 heavy (non-hydrogen) atoms. The summed E-state index contributed by atoms with van der Waals surface area (Å²) in [5, 5.41) is 0.393. The zero-order valence-electron chi connectivity index (χ0n) is 17.2. The van der Waals surface area contributed by atoms with Gasteiger partial charge in [0.2, 0.25) is 17.7 Å². The number of amides is 3. The first-order valence-electron chi connectivity index (χ1n) is 9.66. The zero-order valence-corrected chi connectivity index (χ0v) is 17.9. The second kappa shape index (κ2) is 7.74. The Kier molecular flexibility index (Phi) is 5.23. The van der Waals surface area contributed by atoms with Gasteiger partial charge >= 0.3 is 0 Å². The number of ether oxygens (including phenoxy) is 2. The minimum atomic E-state index is -1.60. The van der Waals surface area contributed by atoms with Crippen molar-refractivity contribution >= 4 is 35.0 Å². The third-order valence-corrected chi connectivity index (χ3v) is 5.98. The van der Waals surface area contributed by atoms with E-state index in [9.17, 15) is 14.4 Å². The molecule has 0 N–H and O–H groups in total. The van der Waals surface area contributed by atoms with Gasteiger partial charge in [-0.15, -0.1) is 6.58 Å². The lowest BCUT2D eigenvalue weighted by Crippen LogP contribution is -2.46. The van der Waals surface area contributed by atoms with Crippen LogP contribution in [0.15, 0.2) is 49.1 Å². The normalized spacial score (nSPS) is 19.9. The third-order valence-electron chi connectivity index (χ3n) is 5.75. The van der Waals surface area contributed by atoms with Crippen LogP contribution in [-0.4, -0.2) is 43.4 Å². The van der Waals surface area contributed by atoms with Gasteiger partial charge in [0, 0.05) is 22.8 Å². The number of halogens is 1. The van der Waals surface area contributed by atoms with Gasteiger partial charge < -0.3 is 14.4 Å². The number of carbonyl (C=O) groups is 3. The number of carbonyl (C=O) groups excluding carboxylic acids is 3. The summed E-state index contributed by atoms with van der Waals surface area (Å²) in [5.41, 5.74) is 0.108. The number of hydrogen-bond donors (Lipinski definition) is 0. The van der Waals surface area contributed by atoms with Gasteiger partial charge in [0.05, 0.1) is 27.2 Å². The summed E-state index contributed by atoms with van der Waals surface area (Å²) < 4.78 is 10.5. The minimum absolute atomic E-state index is 0.0183. The number of likely N-dealkylation sites (tertiary alicyclic amines) is 1. The van der Waals surface area contributed by atoms with Crippen molar-refractivity contribution in [1.82, 2.24) is 4.90 Å². The predicted octanol–water partition coefficient (Wildman–Crippen LogP) is 3.09. The van der Waals surface area contributed by atoms with Crippen LogP contribution in [0.1, 0.15) is 17.5 Å². The minimum Gasteiger partial charge on any atom is -0.493 e. The van der Waals surface area contributed by atoms with Crippen LogP contribution in [0.3, 0.4) is 0 Å². The maximum absolute atomic E-state index is 13.6. The van der Waals surface area contributed by atoms with Crippen LogP contribution in [0.4, 0.5) is 5.69 Å². The highest BCUT2D eigenvalue weighted by Gasteiger charge is 2.63. The van der Waals surface area contributed by atoms with E-state index >= 15 is 0 Å². The molecule has 4 rings (SSSR count). The van der Waals surface area contributed by atoms with Crippen molar-refractivity contribution in [2.45, 2.75) is 18.4 Å². The molecule has 3 amide bonds. The van der Waals surface area contributed by atoms with Gasteiger partial charge in [-0.3, -0.25) is 19.3 Å². The number of hydrogen-bond acceptors (Lipinski definition) is 5. The molecule has 0 aromatic heterocycles. The van der Waals surface area contributed by atoms with Crippen molar-refractivity contribution in [3.63, 3.8) is 0 Å². The largest absolute Gasteiger partial charge is 0.493 e. The van der Waals surface area contributed by atoms with E-state index in [-0.39, 0.29) is 19.5 Å². The Morgan fingerprint density at radius 2 is 1.74 bits per heavy atom. The van der Waals surface area contributed by atoms with Crippen molar-refractivity contribution in [3.05, 3.63) is 65.2 Å². The highest BCUT2D eigenvalue weighted by molar-refractivity contribution is 6.32. The topological polar surface area (TPSA) is 76.2 Å². The molecule has 2 aliphatic rings. The molecule has 160 valence electrons.